The number of urea groups is 1. The predicted molar refractivity (Wildman–Crippen MR) is 124 cm³/mol. The highest BCUT2D eigenvalue weighted by Crippen LogP contribution is 2.49. The Morgan fingerprint density at radius 1 is 1.09 bits per heavy atom. The van der Waals surface area contributed by atoms with Crippen LogP contribution in [-0.2, 0) is 6.42 Å². The molecule has 5 nitrogen and oxygen atoms in total. The Balaban J connectivity index is 1.69. The van der Waals surface area contributed by atoms with Gasteiger partial charge in [0.05, 0.1) is 16.6 Å². The molecule has 0 radical (unpaired) electrons. The van der Waals surface area contributed by atoms with Crippen molar-refractivity contribution in [1.82, 2.24) is 4.90 Å². The van der Waals surface area contributed by atoms with E-state index in [1.54, 1.807) is 29.2 Å². The summed E-state index contributed by atoms with van der Waals surface area (Å²) in [5.41, 5.74) is 1.99. The number of ether oxygens (including phenoxy) is 1. The van der Waals surface area contributed by atoms with Crippen molar-refractivity contribution < 1.29 is 14.3 Å². The Bertz CT molecular complexity index is 1230. The van der Waals surface area contributed by atoms with Gasteiger partial charge in [0.1, 0.15) is 5.75 Å². The van der Waals surface area contributed by atoms with Crippen LogP contribution in [-0.4, -0.2) is 22.6 Å². The molecular weight excluding hydrogens is 424 g/mol. The normalized spacial score (nSPS) is 21.7. The number of benzene rings is 3. The Morgan fingerprint density at radius 3 is 2.62 bits per heavy atom. The maximum absolute atomic E-state index is 14.0. The van der Waals surface area contributed by atoms with Gasteiger partial charge in [0.25, 0.3) is 5.91 Å². The lowest BCUT2D eigenvalue weighted by Crippen LogP contribution is -2.67. The van der Waals surface area contributed by atoms with Crippen molar-refractivity contribution in [3.63, 3.8) is 0 Å². The Hall–Kier alpha value is -3.31. The molecule has 1 fully saturated rings. The minimum atomic E-state index is -0.931. The van der Waals surface area contributed by atoms with Gasteiger partial charge in [-0.15, -0.1) is 0 Å². The van der Waals surface area contributed by atoms with Gasteiger partial charge in [-0.05, 0) is 49.2 Å². The Kier molecular flexibility index (Phi) is 4.94. The minimum Gasteiger partial charge on any atom is -0.467 e. The van der Waals surface area contributed by atoms with E-state index in [1.165, 1.54) is 4.90 Å². The van der Waals surface area contributed by atoms with E-state index in [2.05, 4.69) is 6.92 Å². The number of imide groups is 1. The molecule has 0 saturated carbocycles. The summed E-state index contributed by atoms with van der Waals surface area (Å²) in [5, 5.41) is 0.318. The molecule has 6 heteroatoms. The topological polar surface area (TPSA) is 49.9 Å². The molecule has 2 bridgehead atoms. The maximum atomic E-state index is 14.0. The maximum Gasteiger partial charge on any atom is 0.335 e. The third-order valence-corrected chi connectivity index (χ3v) is 6.59. The fourth-order valence-corrected chi connectivity index (χ4v) is 4.92. The number of carbonyl (C=O) groups excluding carboxylic acids is 2. The molecule has 0 aromatic heterocycles. The SMILES string of the molecule is CCc1cccc(N2C(=O)N(C(=O)c3ccccc3Cl)[C@@H]3C[C@@]2(C)Oc2ccccc23)c1. The highest BCUT2D eigenvalue weighted by molar-refractivity contribution is 6.34. The van der Waals surface area contributed by atoms with Crippen LogP contribution in [0.1, 0.15) is 47.8 Å². The van der Waals surface area contributed by atoms with E-state index in [1.807, 2.05) is 55.5 Å². The molecular formula is C26H23ClN2O3. The van der Waals surface area contributed by atoms with Crippen LogP contribution in [0.3, 0.4) is 0 Å². The molecule has 3 aromatic carbocycles. The second-order valence-electron chi connectivity index (χ2n) is 8.33. The summed E-state index contributed by atoms with van der Waals surface area (Å²) >= 11 is 6.34. The summed E-state index contributed by atoms with van der Waals surface area (Å²) in [6.45, 7) is 3.97. The first-order valence-electron chi connectivity index (χ1n) is 10.7. The molecule has 0 spiro atoms. The zero-order valence-electron chi connectivity index (χ0n) is 17.9. The number of fused-ring (bicyclic) bond motifs is 4. The monoisotopic (exact) mass is 446 g/mol. The molecule has 0 aliphatic carbocycles. The van der Waals surface area contributed by atoms with E-state index in [9.17, 15) is 9.59 Å². The van der Waals surface area contributed by atoms with Gasteiger partial charge in [-0.2, -0.15) is 0 Å². The van der Waals surface area contributed by atoms with Gasteiger partial charge in [0, 0.05) is 17.7 Å². The van der Waals surface area contributed by atoms with Crippen LogP contribution >= 0.6 is 11.6 Å². The molecule has 3 amide bonds. The number of halogens is 1. The Morgan fingerprint density at radius 2 is 1.84 bits per heavy atom. The standard InChI is InChI=1S/C26H23ClN2O3/c1-3-17-9-8-10-18(15-17)29-25(31)28(24(30)19-11-4-6-13-21(19)27)22-16-26(29,2)32-23-14-7-5-12-20(22)23/h4-15,22H,3,16H2,1-2H3/t22-,26-/m1/s1. The van der Waals surface area contributed by atoms with E-state index in [4.69, 9.17) is 16.3 Å². The van der Waals surface area contributed by atoms with Crippen molar-refractivity contribution in [3.8, 4) is 5.75 Å². The lowest BCUT2D eigenvalue weighted by Gasteiger charge is -2.53. The molecule has 2 aliphatic rings. The lowest BCUT2D eigenvalue weighted by molar-refractivity contribution is 0.00268. The van der Waals surface area contributed by atoms with Crippen LogP contribution in [0, 0.1) is 0 Å². The van der Waals surface area contributed by atoms with E-state index in [0.29, 0.717) is 28.4 Å². The van der Waals surface area contributed by atoms with E-state index in [-0.39, 0.29) is 0 Å². The average Bonchev–Trinajstić information content (AvgIpc) is 2.79. The molecule has 32 heavy (non-hydrogen) atoms. The number of anilines is 1. The van der Waals surface area contributed by atoms with Gasteiger partial charge in [-0.1, -0.05) is 61.0 Å². The van der Waals surface area contributed by atoms with Crippen molar-refractivity contribution in [2.75, 3.05) is 4.90 Å². The van der Waals surface area contributed by atoms with Gasteiger partial charge in [-0.25, -0.2) is 4.79 Å². The molecule has 0 unspecified atom stereocenters. The van der Waals surface area contributed by atoms with Gasteiger partial charge < -0.3 is 4.74 Å². The number of hydrogen-bond donors (Lipinski definition) is 0. The zero-order chi connectivity index (χ0) is 22.5. The number of nitrogens with zero attached hydrogens (tertiary/aromatic N) is 2. The van der Waals surface area contributed by atoms with Crippen LogP contribution < -0.4 is 9.64 Å². The largest absolute Gasteiger partial charge is 0.467 e. The smallest absolute Gasteiger partial charge is 0.335 e. The van der Waals surface area contributed by atoms with Crippen LogP contribution in [0.5, 0.6) is 5.75 Å². The summed E-state index contributed by atoms with van der Waals surface area (Å²) in [4.78, 5) is 30.6. The summed E-state index contributed by atoms with van der Waals surface area (Å²) in [6, 6.07) is 21.3. The fourth-order valence-electron chi connectivity index (χ4n) is 4.70. The number of amides is 3. The number of para-hydroxylation sites is 1. The molecule has 2 heterocycles. The van der Waals surface area contributed by atoms with Crippen molar-refractivity contribution in [2.45, 2.75) is 38.5 Å². The van der Waals surface area contributed by atoms with Crippen molar-refractivity contribution >= 4 is 29.2 Å². The van der Waals surface area contributed by atoms with Gasteiger partial charge >= 0.3 is 6.03 Å². The first-order chi connectivity index (χ1) is 15.4. The average molecular weight is 447 g/mol. The van der Waals surface area contributed by atoms with E-state index in [0.717, 1.165) is 17.5 Å². The first kappa shape index (κ1) is 20.6. The predicted octanol–water partition coefficient (Wildman–Crippen LogP) is 6.22. The molecule has 3 aromatic rings. The summed E-state index contributed by atoms with van der Waals surface area (Å²) in [7, 11) is 0. The lowest BCUT2D eigenvalue weighted by atomic mass is 9.88. The first-order valence-corrected chi connectivity index (χ1v) is 11.1. The molecule has 0 N–H and O–H groups in total. The van der Waals surface area contributed by atoms with Crippen molar-refractivity contribution in [2.24, 2.45) is 0 Å². The molecule has 5 rings (SSSR count). The quantitative estimate of drug-likeness (QED) is 0.479. The van der Waals surface area contributed by atoms with Crippen molar-refractivity contribution in [3.05, 3.63) is 94.5 Å². The van der Waals surface area contributed by atoms with Gasteiger partial charge in [0.2, 0.25) is 0 Å². The number of hydrogen-bond acceptors (Lipinski definition) is 3. The van der Waals surface area contributed by atoms with Crippen LogP contribution in [0.4, 0.5) is 10.5 Å². The second kappa shape index (κ2) is 7.68. The van der Waals surface area contributed by atoms with E-state index >= 15 is 0 Å². The number of carbonyl (C=O) groups is 2. The molecule has 162 valence electrons. The van der Waals surface area contributed by atoms with E-state index < -0.39 is 23.7 Å². The third kappa shape index (κ3) is 3.16. The van der Waals surface area contributed by atoms with Gasteiger partial charge in [-0.3, -0.25) is 14.6 Å². The Labute approximate surface area is 192 Å². The summed E-state index contributed by atoms with van der Waals surface area (Å²) < 4.78 is 6.40. The molecule has 2 atom stereocenters. The highest BCUT2D eigenvalue weighted by atomic mass is 35.5. The van der Waals surface area contributed by atoms with Crippen LogP contribution in [0.2, 0.25) is 5.02 Å². The third-order valence-electron chi connectivity index (χ3n) is 6.26. The zero-order valence-corrected chi connectivity index (χ0v) is 18.7. The summed E-state index contributed by atoms with van der Waals surface area (Å²) in [6.07, 6.45) is 1.28. The summed E-state index contributed by atoms with van der Waals surface area (Å²) in [5.74, 6) is 0.258. The van der Waals surface area contributed by atoms with Crippen LogP contribution in [0.15, 0.2) is 72.8 Å². The van der Waals surface area contributed by atoms with Crippen molar-refractivity contribution in [1.29, 1.82) is 0 Å². The molecule has 2 aliphatic heterocycles. The fraction of sp³-hybridized carbons (Fsp3) is 0.231. The highest BCUT2D eigenvalue weighted by Gasteiger charge is 2.55. The number of rotatable bonds is 3. The van der Waals surface area contributed by atoms with Gasteiger partial charge in [0.15, 0.2) is 5.72 Å². The second-order valence-corrected chi connectivity index (χ2v) is 8.74. The minimum absolute atomic E-state index is 0.303. The molecule has 1 saturated heterocycles. The van der Waals surface area contributed by atoms with Crippen LogP contribution in [0.25, 0.3) is 0 Å². The number of aryl methyl sites for hydroxylation is 1.